The summed E-state index contributed by atoms with van der Waals surface area (Å²) in [4.78, 5) is 4.84. The minimum absolute atomic E-state index is 0.0768. The number of pyridine rings is 1. The number of rotatable bonds is 16. The van der Waals surface area contributed by atoms with Crippen LogP contribution in [0.1, 0.15) is 74.5 Å². The molecule has 6 heteroatoms. The Labute approximate surface area is 199 Å². The molecule has 33 heavy (non-hydrogen) atoms. The van der Waals surface area contributed by atoms with Crippen LogP contribution in [0.3, 0.4) is 0 Å². The molecule has 6 nitrogen and oxygen atoms in total. The Morgan fingerprint density at radius 1 is 1.03 bits per heavy atom. The molecule has 0 amide bonds. The quantitative estimate of drug-likeness (QED) is 0.282. The average Bonchev–Trinajstić information content (AvgIpc) is 2.79. The molecule has 0 radical (unpaired) electrons. The normalized spacial score (nSPS) is 12.2. The highest BCUT2D eigenvalue weighted by atomic mass is 16.5. The molecule has 4 N–H and O–H groups in total. The van der Waals surface area contributed by atoms with Crippen LogP contribution in [-0.4, -0.2) is 47.5 Å². The minimum Gasteiger partial charge on any atom is -0.508 e. The van der Waals surface area contributed by atoms with Crippen LogP contribution < -0.4 is 15.4 Å². The van der Waals surface area contributed by atoms with E-state index in [1.165, 1.54) is 12.8 Å². The number of phenols is 1. The molecule has 0 spiro atoms. The van der Waals surface area contributed by atoms with Crippen LogP contribution in [0.15, 0.2) is 24.3 Å². The van der Waals surface area contributed by atoms with Crippen molar-refractivity contribution in [3.05, 3.63) is 52.3 Å². The van der Waals surface area contributed by atoms with E-state index in [0.717, 1.165) is 72.7 Å². The summed E-state index contributed by atoms with van der Waals surface area (Å²) >= 11 is 0. The SMILES string of the molecule is CCCCNCCCCOc1c(C)nc(Cc2ccc(O)cc2)c(CO)c1CC(C)NCC. The van der Waals surface area contributed by atoms with Crippen molar-refractivity contribution in [1.82, 2.24) is 15.6 Å². The lowest BCUT2D eigenvalue weighted by Gasteiger charge is -2.22. The van der Waals surface area contributed by atoms with Gasteiger partial charge in [-0.15, -0.1) is 0 Å². The second-order valence-corrected chi connectivity index (χ2v) is 8.75. The van der Waals surface area contributed by atoms with E-state index >= 15 is 0 Å². The second-order valence-electron chi connectivity index (χ2n) is 8.75. The van der Waals surface area contributed by atoms with Crippen molar-refractivity contribution >= 4 is 0 Å². The van der Waals surface area contributed by atoms with Crippen molar-refractivity contribution in [1.29, 1.82) is 0 Å². The lowest BCUT2D eigenvalue weighted by Crippen LogP contribution is -2.28. The van der Waals surface area contributed by atoms with Crippen molar-refractivity contribution in [3.63, 3.8) is 0 Å². The van der Waals surface area contributed by atoms with Crippen LogP contribution in [0.4, 0.5) is 0 Å². The van der Waals surface area contributed by atoms with Crippen LogP contribution in [0, 0.1) is 6.92 Å². The molecule has 1 aromatic carbocycles. The number of phenolic OH excluding ortho intramolecular Hbond substituents is 1. The largest absolute Gasteiger partial charge is 0.508 e. The van der Waals surface area contributed by atoms with Crippen LogP contribution in [-0.2, 0) is 19.4 Å². The number of nitrogens with zero attached hydrogens (tertiary/aromatic N) is 1. The number of hydrogen-bond donors (Lipinski definition) is 4. The third-order valence-corrected chi connectivity index (χ3v) is 5.85. The van der Waals surface area contributed by atoms with Gasteiger partial charge >= 0.3 is 0 Å². The summed E-state index contributed by atoms with van der Waals surface area (Å²) in [6.07, 6.45) is 5.85. The molecular weight excluding hydrogens is 414 g/mol. The molecule has 0 fully saturated rings. The topological polar surface area (TPSA) is 86.6 Å². The maximum Gasteiger partial charge on any atom is 0.144 e. The van der Waals surface area contributed by atoms with E-state index in [2.05, 4.69) is 31.4 Å². The van der Waals surface area contributed by atoms with E-state index in [1.54, 1.807) is 12.1 Å². The molecule has 1 atom stereocenters. The van der Waals surface area contributed by atoms with Gasteiger partial charge in [0.1, 0.15) is 11.5 Å². The molecular formula is C27H43N3O3. The van der Waals surface area contributed by atoms with Gasteiger partial charge in [0.05, 0.1) is 24.6 Å². The fourth-order valence-corrected chi connectivity index (χ4v) is 4.08. The Balaban J connectivity index is 2.19. The van der Waals surface area contributed by atoms with Gasteiger partial charge < -0.3 is 25.6 Å². The number of aromatic hydroxyl groups is 1. The summed E-state index contributed by atoms with van der Waals surface area (Å²) in [5.41, 5.74) is 4.68. The summed E-state index contributed by atoms with van der Waals surface area (Å²) in [5, 5.41) is 26.9. The summed E-state index contributed by atoms with van der Waals surface area (Å²) < 4.78 is 6.28. The monoisotopic (exact) mass is 457 g/mol. The Kier molecular flexibility index (Phi) is 12.2. The molecule has 0 saturated heterocycles. The number of aromatic nitrogens is 1. The number of aliphatic hydroxyl groups excluding tert-OH is 1. The highest BCUT2D eigenvalue weighted by Gasteiger charge is 2.20. The summed E-state index contributed by atoms with van der Waals surface area (Å²) in [5.74, 6) is 1.06. The van der Waals surface area contributed by atoms with Crippen LogP contribution >= 0.6 is 0 Å². The molecule has 0 aliphatic heterocycles. The van der Waals surface area contributed by atoms with Crippen LogP contribution in [0.5, 0.6) is 11.5 Å². The first-order valence-corrected chi connectivity index (χ1v) is 12.5. The highest BCUT2D eigenvalue weighted by molar-refractivity contribution is 5.47. The zero-order valence-corrected chi connectivity index (χ0v) is 20.9. The number of unbranched alkanes of at least 4 members (excludes halogenated alkanes) is 2. The van der Waals surface area contributed by atoms with Crippen molar-refractivity contribution in [2.24, 2.45) is 0 Å². The van der Waals surface area contributed by atoms with Gasteiger partial charge in [-0.1, -0.05) is 32.4 Å². The first-order valence-electron chi connectivity index (χ1n) is 12.5. The van der Waals surface area contributed by atoms with Gasteiger partial charge in [-0.2, -0.15) is 0 Å². The lowest BCUT2D eigenvalue weighted by molar-refractivity contribution is 0.271. The van der Waals surface area contributed by atoms with E-state index in [0.29, 0.717) is 13.0 Å². The van der Waals surface area contributed by atoms with Gasteiger partial charge in [-0.05, 0) is 76.9 Å². The number of hydrogen-bond acceptors (Lipinski definition) is 6. The molecule has 1 heterocycles. The van der Waals surface area contributed by atoms with Gasteiger partial charge in [-0.3, -0.25) is 4.98 Å². The maximum atomic E-state index is 10.3. The number of aliphatic hydroxyl groups is 1. The fourth-order valence-electron chi connectivity index (χ4n) is 4.08. The van der Waals surface area contributed by atoms with E-state index in [4.69, 9.17) is 9.72 Å². The molecule has 0 bridgehead atoms. The van der Waals surface area contributed by atoms with E-state index in [9.17, 15) is 10.2 Å². The van der Waals surface area contributed by atoms with Gasteiger partial charge in [0, 0.05) is 23.6 Å². The highest BCUT2D eigenvalue weighted by Crippen LogP contribution is 2.31. The zero-order chi connectivity index (χ0) is 24.1. The average molecular weight is 458 g/mol. The zero-order valence-electron chi connectivity index (χ0n) is 20.9. The van der Waals surface area contributed by atoms with Crippen molar-refractivity contribution in [2.75, 3.05) is 26.2 Å². The molecule has 2 rings (SSSR count). The smallest absolute Gasteiger partial charge is 0.144 e. The molecule has 0 aliphatic rings. The predicted octanol–water partition coefficient (Wildman–Crippen LogP) is 4.27. The van der Waals surface area contributed by atoms with Gasteiger partial charge in [-0.25, -0.2) is 0 Å². The van der Waals surface area contributed by atoms with E-state index in [-0.39, 0.29) is 18.4 Å². The number of ether oxygens (including phenoxy) is 1. The number of benzene rings is 1. The van der Waals surface area contributed by atoms with E-state index in [1.807, 2.05) is 19.1 Å². The summed E-state index contributed by atoms with van der Waals surface area (Å²) in [6, 6.07) is 7.42. The third-order valence-electron chi connectivity index (χ3n) is 5.85. The molecule has 2 aromatic rings. The maximum absolute atomic E-state index is 10.3. The second kappa shape index (κ2) is 14.9. The summed E-state index contributed by atoms with van der Waals surface area (Å²) in [7, 11) is 0. The third kappa shape index (κ3) is 8.95. The van der Waals surface area contributed by atoms with Crippen molar-refractivity contribution in [2.45, 2.75) is 78.9 Å². The van der Waals surface area contributed by atoms with Crippen LogP contribution in [0.25, 0.3) is 0 Å². The number of nitrogens with one attached hydrogen (secondary N) is 2. The lowest BCUT2D eigenvalue weighted by atomic mass is 9.95. The minimum atomic E-state index is -0.0768. The van der Waals surface area contributed by atoms with Crippen molar-refractivity contribution < 1.29 is 14.9 Å². The molecule has 0 saturated carbocycles. The fraction of sp³-hybridized carbons (Fsp3) is 0.593. The van der Waals surface area contributed by atoms with Gasteiger partial charge in [0.2, 0.25) is 0 Å². The Morgan fingerprint density at radius 2 is 1.76 bits per heavy atom. The van der Waals surface area contributed by atoms with Gasteiger partial charge in [0.15, 0.2) is 0 Å². The first-order chi connectivity index (χ1) is 16.0. The van der Waals surface area contributed by atoms with Crippen molar-refractivity contribution in [3.8, 4) is 11.5 Å². The van der Waals surface area contributed by atoms with E-state index < -0.39 is 0 Å². The number of likely N-dealkylation sites (N-methyl/N-ethyl adjacent to an activating group) is 1. The molecule has 0 aliphatic carbocycles. The predicted molar refractivity (Wildman–Crippen MR) is 135 cm³/mol. The molecule has 184 valence electrons. The summed E-state index contributed by atoms with van der Waals surface area (Å²) in [6.45, 7) is 12.0. The van der Waals surface area contributed by atoms with Crippen LogP contribution in [0.2, 0.25) is 0 Å². The Hall–Kier alpha value is -2.15. The molecule has 1 unspecified atom stereocenters. The molecule has 1 aromatic heterocycles. The Bertz CT molecular complexity index is 824. The van der Waals surface area contributed by atoms with Gasteiger partial charge in [0.25, 0.3) is 0 Å². The standard InChI is InChI=1S/C27H43N3O3/c1-5-7-14-28-15-8-9-16-33-27-21(4)30-26(18-22-10-12-23(32)13-11-22)25(19-31)24(27)17-20(3)29-6-2/h10-13,20,28-29,31-32H,5-9,14-19H2,1-4H3. The Morgan fingerprint density at radius 3 is 2.42 bits per heavy atom. The number of aryl methyl sites for hydroxylation is 1. The first kappa shape index (κ1) is 27.1.